The zero-order chi connectivity index (χ0) is 25.2. The number of furan rings is 1. The average molecular weight is 534 g/mol. The first-order chi connectivity index (χ1) is 17.2. The smallest absolute Gasteiger partial charge is 0.433 e. The van der Waals surface area contributed by atoms with Gasteiger partial charge in [0.05, 0.1) is 10.5 Å². The van der Waals surface area contributed by atoms with Crippen LogP contribution in [0, 0.1) is 12.7 Å². The summed E-state index contributed by atoms with van der Waals surface area (Å²) >= 11 is 7.05. The number of aryl methyl sites for hydroxylation is 1. The van der Waals surface area contributed by atoms with Gasteiger partial charge in [0.25, 0.3) is 0 Å². The lowest BCUT2D eigenvalue weighted by atomic mass is 10.1. The fraction of sp³-hybridized carbons (Fsp3) is 0.130. The first-order valence-corrected chi connectivity index (χ1v) is 11.6. The quantitative estimate of drug-likeness (QED) is 0.231. The van der Waals surface area contributed by atoms with E-state index < -0.39 is 17.7 Å². The van der Waals surface area contributed by atoms with Crippen LogP contribution >= 0.6 is 22.9 Å². The fourth-order valence-electron chi connectivity index (χ4n) is 3.78. The summed E-state index contributed by atoms with van der Waals surface area (Å²) in [5.41, 5.74) is 0.389. The highest BCUT2D eigenvalue weighted by molar-refractivity contribution is 7.26. The number of rotatable bonds is 4. The maximum Gasteiger partial charge on any atom is 0.433 e. The standard InChI is InChI=1S/C23H12ClF4N5O2S/c1-10-6-16(23(26,27)28)30-22-17(10)18-19(36-22)21-31-20(32-33(21)9-29-18)15-5-3-12(35-15)8-34-14-4-2-11(25)7-13(14)24/h2-7,9H,8H2,1H3. The van der Waals surface area contributed by atoms with E-state index in [4.69, 9.17) is 20.8 Å². The molecule has 6 aromatic rings. The molecule has 0 radical (unpaired) electrons. The Balaban J connectivity index is 1.35. The number of pyridine rings is 1. The van der Waals surface area contributed by atoms with Gasteiger partial charge in [-0.15, -0.1) is 16.4 Å². The van der Waals surface area contributed by atoms with Gasteiger partial charge >= 0.3 is 6.18 Å². The number of alkyl halides is 3. The lowest BCUT2D eigenvalue weighted by molar-refractivity contribution is -0.141. The van der Waals surface area contributed by atoms with Crippen molar-refractivity contribution in [3.63, 3.8) is 0 Å². The molecule has 1 aromatic carbocycles. The number of ether oxygens (including phenoxy) is 1. The Kier molecular flexibility index (Phi) is 5.12. The number of hydrogen-bond donors (Lipinski definition) is 0. The van der Waals surface area contributed by atoms with Gasteiger partial charge < -0.3 is 9.15 Å². The highest BCUT2D eigenvalue weighted by atomic mass is 35.5. The van der Waals surface area contributed by atoms with Gasteiger partial charge in [0.2, 0.25) is 5.82 Å². The Morgan fingerprint density at radius 2 is 1.97 bits per heavy atom. The van der Waals surface area contributed by atoms with Crippen LogP contribution in [0.15, 0.2) is 47.1 Å². The van der Waals surface area contributed by atoms with Crippen LogP contribution in [-0.4, -0.2) is 24.6 Å². The van der Waals surface area contributed by atoms with E-state index in [1.165, 1.54) is 23.0 Å². The highest BCUT2D eigenvalue weighted by Crippen LogP contribution is 2.39. The predicted octanol–water partition coefficient (Wildman–Crippen LogP) is 6.85. The number of benzene rings is 1. The van der Waals surface area contributed by atoms with Crippen LogP contribution in [0.2, 0.25) is 5.02 Å². The number of nitrogens with zero attached hydrogens (tertiary/aromatic N) is 5. The molecule has 182 valence electrons. The van der Waals surface area contributed by atoms with Crippen molar-refractivity contribution >= 4 is 49.0 Å². The van der Waals surface area contributed by atoms with Gasteiger partial charge in [-0.2, -0.15) is 13.2 Å². The lowest BCUT2D eigenvalue weighted by Crippen LogP contribution is -2.07. The predicted molar refractivity (Wildman–Crippen MR) is 125 cm³/mol. The second-order valence-electron chi connectivity index (χ2n) is 7.86. The fourth-order valence-corrected chi connectivity index (χ4v) is 5.18. The van der Waals surface area contributed by atoms with Crippen molar-refractivity contribution in [3.8, 4) is 17.3 Å². The molecule has 0 aliphatic heterocycles. The normalized spacial score (nSPS) is 12.3. The topological polar surface area (TPSA) is 78.3 Å². The monoisotopic (exact) mass is 533 g/mol. The molecule has 0 bridgehead atoms. The van der Waals surface area contributed by atoms with Gasteiger partial charge in [0.1, 0.15) is 45.5 Å². The summed E-state index contributed by atoms with van der Waals surface area (Å²) in [5, 5.41) is 5.07. The van der Waals surface area contributed by atoms with Gasteiger partial charge in [-0.25, -0.2) is 23.9 Å². The van der Waals surface area contributed by atoms with Crippen LogP contribution in [0.25, 0.3) is 37.7 Å². The highest BCUT2D eigenvalue weighted by Gasteiger charge is 2.33. The van der Waals surface area contributed by atoms with Gasteiger partial charge in [-0.1, -0.05) is 11.6 Å². The van der Waals surface area contributed by atoms with Gasteiger partial charge in [0, 0.05) is 5.39 Å². The van der Waals surface area contributed by atoms with Crippen LogP contribution < -0.4 is 4.74 Å². The SMILES string of the molecule is Cc1cc(C(F)(F)F)nc2sc3c(ncn4nc(-c5ccc(COc6ccc(F)cc6Cl)o5)nc34)c12. The molecule has 0 aliphatic rings. The zero-order valence-corrected chi connectivity index (χ0v) is 19.7. The Morgan fingerprint density at radius 3 is 2.75 bits per heavy atom. The molecule has 5 heterocycles. The van der Waals surface area contributed by atoms with E-state index in [1.807, 2.05) is 0 Å². The van der Waals surface area contributed by atoms with E-state index in [0.29, 0.717) is 44.1 Å². The molecule has 0 N–H and O–H groups in total. The third-order valence-corrected chi connectivity index (χ3v) is 6.77. The molecule has 0 unspecified atom stereocenters. The first-order valence-electron chi connectivity index (χ1n) is 10.4. The number of hydrogen-bond acceptors (Lipinski definition) is 7. The average Bonchev–Trinajstić information content (AvgIpc) is 3.53. The minimum atomic E-state index is -4.55. The van der Waals surface area contributed by atoms with Crippen molar-refractivity contribution in [2.45, 2.75) is 19.7 Å². The Morgan fingerprint density at radius 1 is 1.14 bits per heavy atom. The summed E-state index contributed by atoms with van der Waals surface area (Å²) in [4.78, 5) is 13.0. The second kappa shape index (κ2) is 8.14. The van der Waals surface area contributed by atoms with Crippen LogP contribution in [0.1, 0.15) is 17.0 Å². The van der Waals surface area contributed by atoms with Gasteiger partial charge in [-0.3, -0.25) is 0 Å². The molecular weight excluding hydrogens is 522 g/mol. The zero-order valence-electron chi connectivity index (χ0n) is 18.1. The lowest BCUT2D eigenvalue weighted by Gasteiger charge is -2.06. The maximum absolute atomic E-state index is 13.2. The van der Waals surface area contributed by atoms with Crippen molar-refractivity contribution in [3.05, 3.63) is 70.6 Å². The Hall–Kier alpha value is -3.77. The molecule has 0 amide bonds. The first kappa shape index (κ1) is 22.7. The van der Waals surface area contributed by atoms with E-state index in [2.05, 4.69) is 20.1 Å². The number of fused-ring (bicyclic) bond motifs is 5. The van der Waals surface area contributed by atoms with E-state index >= 15 is 0 Å². The van der Waals surface area contributed by atoms with Crippen LogP contribution in [0.5, 0.6) is 5.75 Å². The van der Waals surface area contributed by atoms with Crippen LogP contribution in [0.4, 0.5) is 17.6 Å². The molecule has 13 heteroatoms. The minimum absolute atomic E-state index is 0.0350. The maximum atomic E-state index is 13.2. The molecule has 0 fully saturated rings. The molecule has 0 atom stereocenters. The molecule has 5 aromatic heterocycles. The van der Waals surface area contributed by atoms with Crippen LogP contribution in [-0.2, 0) is 12.8 Å². The molecule has 0 saturated carbocycles. The largest absolute Gasteiger partial charge is 0.484 e. The van der Waals surface area contributed by atoms with Crippen molar-refractivity contribution in [2.75, 3.05) is 0 Å². The summed E-state index contributed by atoms with van der Waals surface area (Å²) in [6.45, 7) is 1.63. The van der Waals surface area contributed by atoms with Gasteiger partial charge in [0.15, 0.2) is 11.4 Å². The molecule has 6 rings (SSSR count). The number of thiophene rings is 1. The number of halogens is 5. The molecule has 36 heavy (non-hydrogen) atoms. The van der Waals surface area contributed by atoms with Crippen LogP contribution in [0.3, 0.4) is 0 Å². The molecule has 0 saturated heterocycles. The third-order valence-electron chi connectivity index (χ3n) is 5.40. The van der Waals surface area contributed by atoms with Crippen molar-refractivity contribution in [1.82, 2.24) is 24.6 Å². The summed E-state index contributed by atoms with van der Waals surface area (Å²) in [6, 6.07) is 8.16. The Labute approximate surface area is 207 Å². The van der Waals surface area contributed by atoms with E-state index in [9.17, 15) is 17.6 Å². The summed E-state index contributed by atoms with van der Waals surface area (Å²) in [6.07, 6.45) is -3.11. The summed E-state index contributed by atoms with van der Waals surface area (Å²) in [7, 11) is 0. The molecule has 0 aliphatic carbocycles. The third kappa shape index (κ3) is 3.82. The number of aromatic nitrogens is 5. The van der Waals surface area contributed by atoms with E-state index in [0.717, 1.165) is 23.5 Å². The van der Waals surface area contributed by atoms with Crippen molar-refractivity contribution < 1.29 is 26.7 Å². The van der Waals surface area contributed by atoms with E-state index in [-0.39, 0.29) is 22.3 Å². The second-order valence-corrected chi connectivity index (χ2v) is 9.27. The summed E-state index contributed by atoms with van der Waals surface area (Å²) in [5.74, 6) is 0.894. The summed E-state index contributed by atoms with van der Waals surface area (Å²) < 4.78 is 66.3. The molecule has 0 spiro atoms. The minimum Gasteiger partial charge on any atom is -0.484 e. The molecule has 7 nitrogen and oxygen atoms in total. The van der Waals surface area contributed by atoms with Crippen molar-refractivity contribution in [2.24, 2.45) is 0 Å². The van der Waals surface area contributed by atoms with E-state index in [1.54, 1.807) is 19.1 Å². The van der Waals surface area contributed by atoms with Gasteiger partial charge in [-0.05, 0) is 48.9 Å². The Bertz CT molecular complexity index is 1790. The van der Waals surface area contributed by atoms with Crippen molar-refractivity contribution in [1.29, 1.82) is 0 Å². The molecular formula is C23H12ClF4N5O2S.